The average Bonchev–Trinajstić information content (AvgIpc) is 2.62. The molecule has 0 saturated heterocycles. The van der Waals surface area contributed by atoms with Gasteiger partial charge in [-0.1, -0.05) is 35.9 Å². The number of nitrogens with zero attached hydrogens (tertiary/aromatic N) is 2. The van der Waals surface area contributed by atoms with E-state index in [1.165, 1.54) is 11.8 Å². The lowest BCUT2D eigenvalue weighted by atomic mass is 10.1. The molecule has 0 bridgehead atoms. The van der Waals surface area contributed by atoms with Gasteiger partial charge >= 0.3 is 0 Å². The Morgan fingerprint density at radius 2 is 1.92 bits per heavy atom. The molecule has 3 rings (SSSR count). The Kier molecular flexibility index (Phi) is 5.19. The van der Waals surface area contributed by atoms with Crippen molar-refractivity contribution in [3.8, 4) is 0 Å². The van der Waals surface area contributed by atoms with Crippen LogP contribution in [0.5, 0.6) is 0 Å². The lowest BCUT2D eigenvalue weighted by Gasteiger charge is -2.23. The second-order valence-corrected chi connectivity index (χ2v) is 6.40. The molecule has 0 aliphatic carbocycles. The van der Waals surface area contributed by atoms with Gasteiger partial charge in [0.25, 0.3) is 0 Å². The predicted octanol–water partition coefficient (Wildman–Crippen LogP) is 4.19. The van der Waals surface area contributed by atoms with Crippen molar-refractivity contribution in [2.45, 2.75) is 13.8 Å². The van der Waals surface area contributed by atoms with Gasteiger partial charge < -0.3 is 10.2 Å². The van der Waals surface area contributed by atoms with Crippen LogP contribution in [-0.4, -0.2) is 23.3 Å². The maximum Gasteiger partial charge on any atom is 0.244 e. The third-order valence-electron chi connectivity index (χ3n) is 4.05. The van der Waals surface area contributed by atoms with Crippen molar-refractivity contribution in [3.05, 3.63) is 65.3 Å². The molecule has 2 aromatic carbocycles. The largest absolute Gasteiger partial charge is 0.323 e. The summed E-state index contributed by atoms with van der Waals surface area (Å²) < 4.78 is 0. The van der Waals surface area contributed by atoms with Crippen molar-refractivity contribution in [1.82, 2.24) is 4.98 Å². The highest BCUT2D eigenvalue weighted by Crippen LogP contribution is 2.25. The van der Waals surface area contributed by atoms with Crippen LogP contribution in [0.2, 0.25) is 5.02 Å². The Morgan fingerprint density at radius 3 is 2.69 bits per heavy atom. The molecule has 0 spiro atoms. The van der Waals surface area contributed by atoms with Gasteiger partial charge in [-0.05, 0) is 36.8 Å². The number of hydrogen-bond acceptors (Lipinski definition) is 3. The highest BCUT2D eigenvalue weighted by Gasteiger charge is 2.18. The van der Waals surface area contributed by atoms with Gasteiger partial charge in [0.05, 0.1) is 11.2 Å². The van der Waals surface area contributed by atoms with Gasteiger partial charge in [0.15, 0.2) is 0 Å². The molecule has 0 atom stereocenters. The number of aromatic nitrogens is 1. The number of amides is 2. The molecule has 3 aromatic rings. The van der Waals surface area contributed by atoms with E-state index in [9.17, 15) is 9.59 Å². The third-order valence-corrected chi connectivity index (χ3v) is 4.29. The minimum absolute atomic E-state index is 0.111. The molecule has 0 aliphatic heterocycles. The summed E-state index contributed by atoms with van der Waals surface area (Å²) in [7, 11) is 0. The molecular weight excluding hydrogens is 350 g/mol. The van der Waals surface area contributed by atoms with E-state index in [4.69, 9.17) is 11.6 Å². The van der Waals surface area contributed by atoms with E-state index in [1.807, 2.05) is 37.3 Å². The number of para-hydroxylation sites is 1. The monoisotopic (exact) mass is 367 g/mol. The Balaban J connectivity index is 1.85. The fourth-order valence-corrected chi connectivity index (χ4v) is 2.94. The molecule has 0 fully saturated rings. The van der Waals surface area contributed by atoms with E-state index in [0.29, 0.717) is 21.9 Å². The van der Waals surface area contributed by atoms with Crippen LogP contribution >= 0.6 is 11.6 Å². The number of pyridine rings is 1. The van der Waals surface area contributed by atoms with Gasteiger partial charge in [-0.3, -0.25) is 14.6 Å². The van der Waals surface area contributed by atoms with Crippen LogP contribution in [0.15, 0.2) is 54.7 Å². The summed E-state index contributed by atoms with van der Waals surface area (Å²) in [4.78, 5) is 30.4. The van der Waals surface area contributed by atoms with Crippen molar-refractivity contribution in [2.24, 2.45) is 0 Å². The maximum absolute atomic E-state index is 12.6. The topological polar surface area (TPSA) is 62.3 Å². The first-order valence-corrected chi connectivity index (χ1v) is 8.51. The van der Waals surface area contributed by atoms with Crippen LogP contribution < -0.4 is 10.2 Å². The molecule has 6 heteroatoms. The first-order valence-electron chi connectivity index (χ1n) is 8.13. The summed E-state index contributed by atoms with van der Waals surface area (Å²) in [6.07, 6.45) is 1.68. The summed E-state index contributed by atoms with van der Waals surface area (Å²) in [5, 5.41) is 4.29. The number of halogens is 1. The van der Waals surface area contributed by atoms with Crippen LogP contribution in [0, 0.1) is 6.92 Å². The van der Waals surface area contributed by atoms with Crippen LogP contribution in [0.1, 0.15) is 12.5 Å². The van der Waals surface area contributed by atoms with Crippen LogP contribution in [0.3, 0.4) is 0 Å². The molecule has 132 valence electrons. The normalized spacial score (nSPS) is 10.6. The van der Waals surface area contributed by atoms with E-state index in [0.717, 1.165) is 10.9 Å². The van der Waals surface area contributed by atoms with Gasteiger partial charge in [0.2, 0.25) is 11.8 Å². The number of hydrogen-bond donors (Lipinski definition) is 1. The minimum atomic E-state index is -0.308. The van der Waals surface area contributed by atoms with Crippen molar-refractivity contribution < 1.29 is 9.59 Å². The molecule has 26 heavy (non-hydrogen) atoms. The molecular formula is C20H18ClN3O2. The van der Waals surface area contributed by atoms with Gasteiger partial charge in [-0.15, -0.1) is 0 Å². The van der Waals surface area contributed by atoms with E-state index in [-0.39, 0.29) is 18.4 Å². The molecule has 0 saturated carbocycles. The van der Waals surface area contributed by atoms with E-state index < -0.39 is 0 Å². The Morgan fingerprint density at radius 1 is 1.15 bits per heavy atom. The minimum Gasteiger partial charge on any atom is -0.323 e. The molecule has 0 unspecified atom stereocenters. The average molecular weight is 368 g/mol. The smallest absolute Gasteiger partial charge is 0.244 e. The number of nitrogens with one attached hydrogen (secondary N) is 1. The number of carbonyl (C=O) groups is 2. The van der Waals surface area contributed by atoms with Crippen molar-refractivity contribution in [3.63, 3.8) is 0 Å². The van der Waals surface area contributed by atoms with Crippen molar-refractivity contribution >= 4 is 45.7 Å². The zero-order valence-corrected chi connectivity index (χ0v) is 15.2. The standard InChI is InChI=1S/C20H18ClN3O2/c1-13-8-9-16(21)11-18(13)24(14(2)25)12-19(26)23-17-7-3-5-15-6-4-10-22-20(15)17/h3-11H,12H2,1-2H3,(H,23,26). The third kappa shape index (κ3) is 3.83. The van der Waals surface area contributed by atoms with Gasteiger partial charge in [0, 0.05) is 29.2 Å². The molecule has 2 amide bonds. The first kappa shape index (κ1) is 17.9. The fraction of sp³-hybridized carbons (Fsp3) is 0.150. The molecule has 1 aromatic heterocycles. The second kappa shape index (κ2) is 7.54. The van der Waals surface area contributed by atoms with E-state index in [2.05, 4.69) is 10.3 Å². The molecule has 0 aliphatic rings. The maximum atomic E-state index is 12.6. The zero-order chi connectivity index (χ0) is 18.7. The number of rotatable bonds is 4. The molecule has 1 heterocycles. The number of benzene rings is 2. The number of carbonyl (C=O) groups excluding carboxylic acids is 2. The van der Waals surface area contributed by atoms with E-state index in [1.54, 1.807) is 24.4 Å². The van der Waals surface area contributed by atoms with Gasteiger partial charge in [0.1, 0.15) is 6.54 Å². The van der Waals surface area contributed by atoms with Crippen molar-refractivity contribution in [2.75, 3.05) is 16.8 Å². The van der Waals surface area contributed by atoms with E-state index >= 15 is 0 Å². The highest BCUT2D eigenvalue weighted by molar-refractivity contribution is 6.31. The Hall–Kier alpha value is -2.92. The molecule has 5 nitrogen and oxygen atoms in total. The second-order valence-electron chi connectivity index (χ2n) is 5.96. The summed E-state index contributed by atoms with van der Waals surface area (Å²) in [6.45, 7) is 3.18. The van der Waals surface area contributed by atoms with Crippen molar-refractivity contribution in [1.29, 1.82) is 0 Å². The SMILES string of the molecule is CC(=O)N(CC(=O)Nc1cccc2cccnc12)c1cc(Cl)ccc1C. The van der Waals surface area contributed by atoms with Gasteiger partial charge in [-0.2, -0.15) is 0 Å². The summed E-state index contributed by atoms with van der Waals surface area (Å²) >= 11 is 6.05. The quantitative estimate of drug-likeness (QED) is 0.752. The van der Waals surface area contributed by atoms with Gasteiger partial charge in [-0.25, -0.2) is 0 Å². The number of anilines is 2. The van der Waals surface area contributed by atoms with Crippen LogP contribution in [0.4, 0.5) is 11.4 Å². The molecule has 1 N–H and O–H groups in total. The Labute approximate surface area is 156 Å². The lowest BCUT2D eigenvalue weighted by molar-refractivity contribution is -0.120. The highest BCUT2D eigenvalue weighted by atomic mass is 35.5. The molecule has 0 radical (unpaired) electrons. The fourth-order valence-electron chi connectivity index (χ4n) is 2.78. The zero-order valence-electron chi connectivity index (χ0n) is 14.5. The number of fused-ring (bicyclic) bond motifs is 1. The predicted molar refractivity (Wildman–Crippen MR) is 105 cm³/mol. The summed E-state index contributed by atoms with van der Waals surface area (Å²) in [5.74, 6) is -0.542. The summed E-state index contributed by atoms with van der Waals surface area (Å²) in [5.41, 5.74) is 2.80. The summed E-state index contributed by atoms with van der Waals surface area (Å²) in [6, 6.07) is 14.6. The number of aryl methyl sites for hydroxylation is 1. The lowest BCUT2D eigenvalue weighted by Crippen LogP contribution is -2.37. The van der Waals surface area contributed by atoms with Crippen LogP contribution in [0.25, 0.3) is 10.9 Å². The van der Waals surface area contributed by atoms with Crippen LogP contribution in [-0.2, 0) is 9.59 Å². The first-order chi connectivity index (χ1) is 12.5. The Bertz CT molecular complexity index is 982.